The maximum Gasteiger partial charge on any atom is 0.193 e. The highest BCUT2D eigenvalue weighted by Crippen LogP contribution is 2.25. The van der Waals surface area contributed by atoms with Crippen molar-refractivity contribution in [2.24, 2.45) is 10.9 Å². The van der Waals surface area contributed by atoms with Crippen LogP contribution in [0.4, 0.5) is 0 Å². The van der Waals surface area contributed by atoms with Crippen molar-refractivity contribution in [1.82, 2.24) is 19.8 Å². The quantitative estimate of drug-likeness (QED) is 0.282. The fraction of sp³-hybridized carbons (Fsp3) is 0.474. The Bertz CT molecular complexity index is 647. The summed E-state index contributed by atoms with van der Waals surface area (Å²) in [4.78, 5) is 12.6. The van der Waals surface area contributed by atoms with E-state index in [0.717, 1.165) is 44.6 Å². The van der Waals surface area contributed by atoms with Gasteiger partial charge in [0.05, 0.1) is 12.9 Å². The number of likely N-dealkylation sites (tertiary alicyclic amines) is 1. The fourth-order valence-electron chi connectivity index (χ4n) is 3.01. The molecule has 0 bridgehead atoms. The molecule has 1 fully saturated rings. The summed E-state index contributed by atoms with van der Waals surface area (Å²) in [7, 11) is 0. The van der Waals surface area contributed by atoms with Crippen molar-refractivity contribution in [1.29, 1.82) is 0 Å². The summed E-state index contributed by atoms with van der Waals surface area (Å²) in [5, 5.41) is 3.44. The zero-order chi connectivity index (χ0) is 17.3. The minimum Gasteiger partial charge on any atom is -0.357 e. The van der Waals surface area contributed by atoms with E-state index >= 15 is 0 Å². The van der Waals surface area contributed by atoms with Crippen LogP contribution in [-0.2, 0) is 6.54 Å². The molecule has 2 aromatic rings. The lowest BCUT2D eigenvalue weighted by molar-refractivity contribution is 0.473. The predicted octanol–water partition coefficient (Wildman–Crippen LogP) is 3.58. The standard InChI is InChI=1S/C19H27N5S.HI/c1-2-21-19(22-10-13-23-12-9-20-16-23)24-11-8-17(14-24)15-25-18-6-4-3-5-7-18;/h3-7,9,12,16-17H,2,8,10-11,13-15H2,1H3,(H,21,22);1H. The molecular formula is C19H28IN5S. The van der Waals surface area contributed by atoms with Crippen LogP contribution in [0.1, 0.15) is 13.3 Å². The maximum absolute atomic E-state index is 4.80. The molecule has 26 heavy (non-hydrogen) atoms. The van der Waals surface area contributed by atoms with Gasteiger partial charge in [0.15, 0.2) is 5.96 Å². The average molecular weight is 485 g/mol. The molecule has 1 aromatic heterocycles. The molecule has 1 aliphatic rings. The summed E-state index contributed by atoms with van der Waals surface area (Å²) in [6.45, 7) is 6.87. The Labute approximate surface area is 177 Å². The molecule has 0 spiro atoms. The van der Waals surface area contributed by atoms with Crippen LogP contribution in [0.3, 0.4) is 0 Å². The van der Waals surface area contributed by atoms with E-state index in [-0.39, 0.29) is 24.0 Å². The van der Waals surface area contributed by atoms with E-state index in [1.807, 2.05) is 30.5 Å². The van der Waals surface area contributed by atoms with E-state index in [2.05, 4.69) is 57.0 Å². The summed E-state index contributed by atoms with van der Waals surface area (Å²) in [6.07, 6.45) is 6.88. The highest BCUT2D eigenvalue weighted by atomic mass is 127. The molecule has 142 valence electrons. The van der Waals surface area contributed by atoms with Crippen LogP contribution in [0.2, 0.25) is 0 Å². The van der Waals surface area contributed by atoms with Gasteiger partial charge in [-0.1, -0.05) is 18.2 Å². The van der Waals surface area contributed by atoms with Crippen LogP contribution in [0.15, 0.2) is 58.9 Å². The summed E-state index contributed by atoms with van der Waals surface area (Å²) in [5.41, 5.74) is 0. The predicted molar refractivity (Wildman–Crippen MR) is 120 cm³/mol. The second kappa shape index (κ2) is 11.5. The Morgan fingerprint density at radius 2 is 2.19 bits per heavy atom. The summed E-state index contributed by atoms with van der Waals surface area (Å²) >= 11 is 1.96. The number of rotatable bonds is 7. The minimum atomic E-state index is 0. The third kappa shape index (κ3) is 6.50. The monoisotopic (exact) mass is 485 g/mol. The number of hydrogen-bond acceptors (Lipinski definition) is 3. The lowest BCUT2D eigenvalue weighted by Gasteiger charge is -2.21. The maximum atomic E-state index is 4.80. The molecule has 1 N–H and O–H groups in total. The van der Waals surface area contributed by atoms with Crippen molar-refractivity contribution >= 4 is 41.7 Å². The van der Waals surface area contributed by atoms with Crippen molar-refractivity contribution < 1.29 is 0 Å². The lowest BCUT2D eigenvalue weighted by atomic mass is 10.2. The van der Waals surface area contributed by atoms with Crippen molar-refractivity contribution in [3.8, 4) is 0 Å². The highest BCUT2D eigenvalue weighted by molar-refractivity contribution is 14.0. The Morgan fingerprint density at radius 3 is 2.92 bits per heavy atom. The first-order chi connectivity index (χ1) is 12.3. The van der Waals surface area contributed by atoms with Gasteiger partial charge in [0, 0.05) is 49.2 Å². The summed E-state index contributed by atoms with van der Waals surface area (Å²) < 4.78 is 2.07. The number of thioether (sulfide) groups is 1. The number of halogens is 1. The molecule has 2 heterocycles. The van der Waals surface area contributed by atoms with Gasteiger partial charge in [0.25, 0.3) is 0 Å². The van der Waals surface area contributed by atoms with Crippen LogP contribution >= 0.6 is 35.7 Å². The third-order valence-corrected chi connectivity index (χ3v) is 5.57. The number of aliphatic imine (C=N–C) groups is 1. The second-order valence-corrected chi connectivity index (χ2v) is 7.35. The van der Waals surface area contributed by atoms with Crippen LogP contribution in [0.5, 0.6) is 0 Å². The number of guanidine groups is 1. The molecule has 0 aliphatic carbocycles. The van der Waals surface area contributed by atoms with E-state index in [4.69, 9.17) is 4.99 Å². The van der Waals surface area contributed by atoms with E-state index in [0.29, 0.717) is 0 Å². The molecule has 1 atom stereocenters. The first-order valence-electron chi connectivity index (χ1n) is 9.02. The minimum absolute atomic E-state index is 0. The van der Waals surface area contributed by atoms with Gasteiger partial charge in [-0.2, -0.15) is 0 Å². The molecule has 0 radical (unpaired) electrons. The van der Waals surface area contributed by atoms with Crippen LogP contribution in [-0.4, -0.2) is 52.3 Å². The van der Waals surface area contributed by atoms with Gasteiger partial charge in [-0.25, -0.2) is 4.98 Å². The van der Waals surface area contributed by atoms with E-state index < -0.39 is 0 Å². The molecule has 0 amide bonds. The topological polar surface area (TPSA) is 45.5 Å². The van der Waals surface area contributed by atoms with Gasteiger partial charge >= 0.3 is 0 Å². The first-order valence-corrected chi connectivity index (χ1v) is 10.0. The Hall–Kier alpha value is -1.22. The van der Waals surface area contributed by atoms with Gasteiger partial charge in [-0.05, 0) is 31.4 Å². The van der Waals surface area contributed by atoms with E-state index in [9.17, 15) is 0 Å². The molecule has 5 nitrogen and oxygen atoms in total. The van der Waals surface area contributed by atoms with Crippen molar-refractivity contribution in [3.63, 3.8) is 0 Å². The zero-order valence-electron chi connectivity index (χ0n) is 15.3. The summed E-state index contributed by atoms with van der Waals surface area (Å²) in [6, 6.07) is 10.7. The molecule has 7 heteroatoms. The van der Waals surface area contributed by atoms with Gasteiger partial charge in [0.2, 0.25) is 0 Å². The number of nitrogens with zero attached hydrogens (tertiary/aromatic N) is 4. The second-order valence-electron chi connectivity index (χ2n) is 6.26. The van der Waals surface area contributed by atoms with Crippen molar-refractivity contribution in [3.05, 3.63) is 49.1 Å². The van der Waals surface area contributed by atoms with Gasteiger partial charge < -0.3 is 14.8 Å². The average Bonchev–Trinajstić information content (AvgIpc) is 3.32. The smallest absolute Gasteiger partial charge is 0.193 e. The third-order valence-electron chi connectivity index (χ3n) is 4.33. The Balaban J connectivity index is 0.00000243. The van der Waals surface area contributed by atoms with Crippen molar-refractivity contribution in [2.45, 2.75) is 24.8 Å². The Kier molecular flexibility index (Phi) is 9.31. The SMILES string of the molecule is CCNC(=NCCn1ccnc1)N1CCC(CSc2ccccc2)C1.I. The Morgan fingerprint density at radius 1 is 1.35 bits per heavy atom. The summed E-state index contributed by atoms with van der Waals surface area (Å²) in [5.74, 6) is 2.95. The number of benzene rings is 1. The molecule has 1 unspecified atom stereocenters. The van der Waals surface area contributed by atoms with Gasteiger partial charge in [-0.3, -0.25) is 4.99 Å². The van der Waals surface area contributed by atoms with E-state index in [1.54, 1.807) is 0 Å². The van der Waals surface area contributed by atoms with E-state index in [1.165, 1.54) is 17.1 Å². The molecule has 1 aliphatic heterocycles. The fourth-order valence-corrected chi connectivity index (χ4v) is 4.06. The number of hydrogen-bond donors (Lipinski definition) is 1. The molecule has 3 rings (SSSR count). The van der Waals surface area contributed by atoms with Gasteiger partial charge in [0.1, 0.15) is 0 Å². The van der Waals surface area contributed by atoms with Crippen LogP contribution in [0.25, 0.3) is 0 Å². The normalized spacial score (nSPS) is 17.2. The molecular weight excluding hydrogens is 457 g/mol. The lowest BCUT2D eigenvalue weighted by Crippen LogP contribution is -2.40. The van der Waals surface area contributed by atoms with Gasteiger partial charge in [-0.15, -0.1) is 35.7 Å². The van der Waals surface area contributed by atoms with Crippen molar-refractivity contribution in [2.75, 3.05) is 31.9 Å². The first kappa shape index (κ1) is 21.1. The van der Waals surface area contributed by atoms with Crippen LogP contribution < -0.4 is 5.32 Å². The number of aromatic nitrogens is 2. The number of nitrogens with one attached hydrogen (secondary N) is 1. The van der Waals surface area contributed by atoms with Crippen LogP contribution in [0, 0.1) is 5.92 Å². The molecule has 0 saturated carbocycles. The molecule has 1 saturated heterocycles. The zero-order valence-corrected chi connectivity index (χ0v) is 18.4. The highest BCUT2D eigenvalue weighted by Gasteiger charge is 2.24. The molecule has 1 aromatic carbocycles. The largest absolute Gasteiger partial charge is 0.357 e. The number of imidazole rings is 1.